The van der Waals surface area contributed by atoms with Crippen LogP contribution in [0, 0.1) is 5.41 Å². The zero-order chi connectivity index (χ0) is 14.1. The first-order valence-electron chi connectivity index (χ1n) is 7.56. The Balaban J connectivity index is 2.36. The summed E-state index contributed by atoms with van der Waals surface area (Å²) in [6.07, 6.45) is 2.50. The predicted octanol–water partition coefficient (Wildman–Crippen LogP) is 2.50. The Kier molecular flexibility index (Phi) is 8.17. The van der Waals surface area contributed by atoms with Gasteiger partial charge in [-0.15, -0.1) is 0 Å². The Morgan fingerprint density at radius 2 is 1.79 bits per heavy atom. The molecule has 0 aliphatic carbocycles. The molecule has 0 spiro atoms. The monoisotopic (exact) mass is 290 g/mol. The van der Waals surface area contributed by atoms with E-state index in [0.29, 0.717) is 0 Å². The minimum Gasteiger partial charge on any atom is -0.397 e. The van der Waals surface area contributed by atoms with Crippen molar-refractivity contribution in [1.29, 1.82) is 0 Å². The maximum atomic E-state index is 6.11. The van der Waals surface area contributed by atoms with Gasteiger partial charge in [-0.3, -0.25) is 0 Å². The van der Waals surface area contributed by atoms with Crippen molar-refractivity contribution in [3.63, 3.8) is 0 Å². The molecular weight excluding hydrogens is 260 g/mol. The molecule has 0 saturated carbocycles. The molecule has 0 N–H and O–H groups in total. The summed E-state index contributed by atoms with van der Waals surface area (Å²) in [5, 5.41) is 0. The van der Waals surface area contributed by atoms with Gasteiger partial charge in [0.05, 0.1) is 25.9 Å². The van der Waals surface area contributed by atoms with Crippen LogP contribution in [0.2, 0.25) is 6.04 Å². The number of hydrogen-bond acceptors (Lipinski definition) is 4. The van der Waals surface area contributed by atoms with Crippen molar-refractivity contribution in [3.05, 3.63) is 0 Å². The lowest BCUT2D eigenvalue weighted by Gasteiger charge is -2.38. The van der Waals surface area contributed by atoms with Gasteiger partial charge in [0.2, 0.25) is 0 Å². The number of hydrogen-bond donors (Lipinski definition) is 0. The van der Waals surface area contributed by atoms with Crippen molar-refractivity contribution >= 4 is 9.28 Å². The molecule has 0 radical (unpaired) electrons. The Morgan fingerprint density at radius 1 is 1.16 bits per heavy atom. The molecule has 1 saturated heterocycles. The summed E-state index contributed by atoms with van der Waals surface area (Å²) in [6, 6.07) is 0.951. The summed E-state index contributed by atoms with van der Waals surface area (Å²) >= 11 is 0. The van der Waals surface area contributed by atoms with Gasteiger partial charge in [0.25, 0.3) is 0 Å². The van der Waals surface area contributed by atoms with E-state index < -0.39 is 9.28 Å². The topological polar surface area (TPSA) is 36.9 Å². The summed E-state index contributed by atoms with van der Waals surface area (Å²) in [7, 11) is -1.56. The molecule has 114 valence electrons. The molecule has 0 aromatic rings. The van der Waals surface area contributed by atoms with Crippen molar-refractivity contribution in [2.45, 2.75) is 52.7 Å². The summed E-state index contributed by atoms with van der Waals surface area (Å²) in [5.41, 5.74) is 0.222. The molecule has 1 atom stereocenters. The standard InChI is InChI=1S/C14H30O4Si/c1-5-8-13(9-19(17-6-2)18-7-3)16-12-14(4)10-15-11-14/h13,19H,5-12H2,1-4H3. The van der Waals surface area contributed by atoms with Gasteiger partial charge >= 0.3 is 9.28 Å². The van der Waals surface area contributed by atoms with Crippen LogP contribution in [0.1, 0.15) is 40.5 Å². The van der Waals surface area contributed by atoms with Crippen molar-refractivity contribution in [1.82, 2.24) is 0 Å². The Hall–Kier alpha value is 0.0569. The molecule has 1 unspecified atom stereocenters. The minimum atomic E-state index is -1.56. The van der Waals surface area contributed by atoms with Crippen LogP contribution in [-0.4, -0.2) is 48.4 Å². The summed E-state index contributed by atoms with van der Waals surface area (Å²) in [4.78, 5) is 0. The van der Waals surface area contributed by atoms with Gasteiger partial charge in [-0.05, 0) is 20.3 Å². The quantitative estimate of drug-likeness (QED) is 0.548. The largest absolute Gasteiger partial charge is 0.397 e. The fraction of sp³-hybridized carbons (Fsp3) is 1.00. The van der Waals surface area contributed by atoms with Crippen molar-refractivity contribution in [2.24, 2.45) is 5.41 Å². The van der Waals surface area contributed by atoms with E-state index in [1.807, 2.05) is 13.8 Å². The maximum Gasteiger partial charge on any atom is 0.324 e. The fourth-order valence-corrected chi connectivity index (χ4v) is 4.13. The molecule has 1 aliphatic rings. The van der Waals surface area contributed by atoms with Gasteiger partial charge in [0, 0.05) is 24.7 Å². The van der Waals surface area contributed by atoms with E-state index in [4.69, 9.17) is 18.3 Å². The predicted molar refractivity (Wildman–Crippen MR) is 78.8 cm³/mol. The summed E-state index contributed by atoms with van der Waals surface area (Å²) in [5.74, 6) is 0. The van der Waals surface area contributed by atoms with Crippen LogP contribution in [0.4, 0.5) is 0 Å². The molecule has 5 heteroatoms. The van der Waals surface area contributed by atoms with E-state index in [2.05, 4.69) is 13.8 Å². The smallest absolute Gasteiger partial charge is 0.324 e. The lowest BCUT2D eigenvalue weighted by molar-refractivity contribution is -0.148. The van der Waals surface area contributed by atoms with E-state index in [1.165, 1.54) is 0 Å². The van der Waals surface area contributed by atoms with E-state index in [0.717, 1.165) is 51.9 Å². The van der Waals surface area contributed by atoms with Gasteiger partial charge in [0.15, 0.2) is 0 Å². The van der Waals surface area contributed by atoms with Crippen LogP contribution in [0.15, 0.2) is 0 Å². The molecular formula is C14H30O4Si. The highest BCUT2D eigenvalue weighted by atomic mass is 28.3. The van der Waals surface area contributed by atoms with Gasteiger partial charge in [-0.1, -0.05) is 20.3 Å². The fourth-order valence-electron chi connectivity index (χ4n) is 2.21. The van der Waals surface area contributed by atoms with Gasteiger partial charge in [0.1, 0.15) is 0 Å². The second-order valence-corrected chi connectivity index (χ2v) is 7.60. The molecule has 0 amide bonds. The molecule has 4 nitrogen and oxygen atoms in total. The second-order valence-electron chi connectivity index (χ2n) is 5.60. The first-order valence-corrected chi connectivity index (χ1v) is 9.32. The van der Waals surface area contributed by atoms with Crippen LogP contribution in [-0.2, 0) is 18.3 Å². The van der Waals surface area contributed by atoms with Crippen LogP contribution in [0.3, 0.4) is 0 Å². The normalized spacial score (nSPS) is 19.4. The second kappa shape index (κ2) is 9.08. The number of ether oxygens (including phenoxy) is 2. The number of rotatable bonds is 11. The Bertz CT molecular complexity index is 227. The average molecular weight is 290 g/mol. The van der Waals surface area contributed by atoms with Crippen molar-refractivity contribution in [3.8, 4) is 0 Å². The SMILES string of the molecule is CCCC(C[SiH](OCC)OCC)OCC1(C)COC1. The lowest BCUT2D eigenvalue weighted by Crippen LogP contribution is -2.44. The maximum absolute atomic E-state index is 6.11. The van der Waals surface area contributed by atoms with E-state index >= 15 is 0 Å². The molecule has 1 rings (SSSR count). The molecule has 0 aromatic carbocycles. The highest BCUT2D eigenvalue weighted by molar-refractivity contribution is 6.44. The van der Waals surface area contributed by atoms with E-state index in [9.17, 15) is 0 Å². The Labute approximate surface area is 119 Å². The first kappa shape index (κ1) is 17.1. The summed E-state index contributed by atoms with van der Waals surface area (Å²) < 4.78 is 22.9. The molecule has 1 aliphatic heterocycles. The zero-order valence-electron chi connectivity index (χ0n) is 12.9. The van der Waals surface area contributed by atoms with Gasteiger partial charge < -0.3 is 18.3 Å². The molecule has 19 heavy (non-hydrogen) atoms. The molecule has 1 fully saturated rings. The first-order chi connectivity index (χ1) is 9.13. The third-order valence-electron chi connectivity index (χ3n) is 3.34. The third kappa shape index (κ3) is 6.36. The summed E-state index contributed by atoms with van der Waals surface area (Å²) in [6.45, 7) is 12.4. The van der Waals surface area contributed by atoms with Crippen molar-refractivity contribution in [2.75, 3.05) is 33.0 Å². The van der Waals surface area contributed by atoms with Gasteiger partial charge in [-0.2, -0.15) is 0 Å². The third-order valence-corrected chi connectivity index (χ3v) is 5.66. The highest BCUT2D eigenvalue weighted by Gasteiger charge is 2.34. The van der Waals surface area contributed by atoms with Crippen LogP contribution in [0.5, 0.6) is 0 Å². The van der Waals surface area contributed by atoms with Crippen LogP contribution >= 0.6 is 0 Å². The average Bonchev–Trinajstić information content (AvgIpc) is 2.34. The molecule has 0 aromatic heterocycles. The Morgan fingerprint density at radius 3 is 2.21 bits per heavy atom. The zero-order valence-corrected chi connectivity index (χ0v) is 14.1. The minimum absolute atomic E-state index is 0.222. The van der Waals surface area contributed by atoms with E-state index in [-0.39, 0.29) is 11.5 Å². The van der Waals surface area contributed by atoms with Crippen LogP contribution < -0.4 is 0 Å². The van der Waals surface area contributed by atoms with Gasteiger partial charge in [-0.25, -0.2) is 0 Å². The highest BCUT2D eigenvalue weighted by Crippen LogP contribution is 2.28. The lowest BCUT2D eigenvalue weighted by atomic mass is 9.90. The molecule has 1 heterocycles. The van der Waals surface area contributed by atoms with E-state index in [1.54, 1.807) is 0 Å². The van der Waals surface area contributed by atoms with Crippen molar-refractivity contribution < 1.29 is 18.3 Å². The van der Waals surface area contributed by atoms with Crippen LogP contribution in [0.25, 0.3) is 0 Å². The molecule has 0 bridgehead atoms.